The van der Waals surface area contributed by atoms with Crippen molar-refractivity contribution in [1.82, 2.24) is 0 Å². The van der Waals surface area contributed by atoms with Gasteiger partial charge in [0.25, 0.3) is 0 Å². The predicted octanol–water partition coefficient (Wildman–Crippen LogP) is 7.43. The topological polar surface area (TPSA) is 23.8 Å². The summed E-state index contributed by atoms with van der Waals surface area (Å²) < 4.78 is 0. The van der Waals surface area contributed by atoms with Crippen molar-refractivity contribution in [3.63, 3.8) is 0 Å². The molecule has 0 bridgehead atoms. The molecule has 0 aromatic heterocycles. The molecule has 0 aromatic rings. The fourth-order valence-corrected chi connectivity index (χ4v) is 5.20. The van der Waals surface area contributed by atoms with E-state index >= 15 is 0 Å². The minimum Gasteiger partial charge on any atom is -0.198 e. The molecule has 2 saturated carbocycles. The highest BCUT2D eigenvalue weighted by molar-refractivity contribution is 5.03. The van der Waals surface area contributed by atoms with E-state index in [2.05, 4.69) is 32.1 Å². The Hall–Kier alpha value is -0.770. The van der Waals surface area contributed by atoms with Crippen molar-refractivity contribution in [2.45, 2.75) is 104 Å². The molecule has 0 spiro atoms. The van der Waals surface area contributed by atoms with Crippen molar-refractivity contribution in [2.75, 3.05) is 0 Å². The number of allylic oxidation sites excluding steroid dienone is 2. The highest BCUT2D eigenvalue weighted by Crippen LogP contribution is 2.47. The monoisotopic (exact) mass is 329 g/mol. The third kappa shape index (κ3) is 5.65. The molecule has 2 rings (SSSR count). The van der Waals surface area contributed by atoms with Gasteiger partial charge in [-0.3, -0.25) is 0 Å². The molecular weight excluding hydrogens is 290 g/mol. The van der Waals surface area contributed by atoms with Gasteiger partial charge in [0.15, 0.2) is 0 Å². The quantitative estimate of drug-likeness (QED) is 0.425. The van der Waals surface area contributed by atoms with Crippen LogP contribution in [0.5, 0.6) is 0 Å². The van der Waals surface area contributed by atoms with Crippen LogP contribution in [0.4, 0.5) is 0 Å². The van der Waals surface area contributed by atoms with Gasteiger partial charge in [0.05, 0.1) is 11.5 Å². The van der Waals surface area contributed by atoms with Gasteiger partial charge >= 0.3 is 0 Å². The first-order chi connectivity index (χ1) is 11.7. The van der Waals surface area contributed by atoms with Crippen LogP contribution in [-0.4, -0.2) is 0 Å². The molecule has 0 aromatic carbocycles. The fourth-order valence-electron chi connectivity index (χ4n) is 5.20. The van der Waals surface area contributed by atoms with E-state index in [1.165, 1.54) is 64.2 Å². The molecule has 136 valence electrons. The Morgan fingerprint density at radius 1 is 0.875 bits per heavy atom. The molecule has 1 heteroatoms. The van der Waals surface area contributed by atoms with E-state index in [0.717, 1.165) is 43.4 Å². The molecule has 0 saturated heterocycles. The maximum absolute atomic E-state index is 9.76. The number of hydrogen-bond donors (Lipinski definition) is 0. The zero-order valence-corrected chi connectivity index (χ0v) is 16.2. The Morgan fingerprint density at radius 2 is 1.50 bits per heavy atom. The maximum atomic E-state index is 9.76. The van der Waals surface area contributed by atoms with Gasteiger partial charge in [-0.15, -0.1) is 0 Å². The Kier molecular flexibility index (Phi) is 8.37. The first-order valence-corrected chi connectivity index (χ1v) is 10.8. The van der Waals surface area contributed by atoms with Crippen molar-refractivity contribution in [3.05, 3.63) is 12.2 Å². The average Bonchev–Trinajstić information content (AvgIpc) is 2.63. The largest absolute Gasteiger partial charge is 0.198 e. The minimum atomic E-state index is -0.00747. The van der Waals surface area contributed by atoms with Crippen molar-refractivity contribution >= 4 is 0 Å². The summed E-state index contributed by atoms with van der Waals surface area (Å²) in [5.41, 5.74) is -0.00747. The second kappa shape index (κ2) is 10.3. The summed E-state index contributed by atoms with van der Waals surface area (Å²) in [5, 5.41) is 9.76. The van der Waals surface area contributed by atoms with Crippen LogP contribution in [0.25, 0.3) is 0 Å². The number of nitriles is 1. The number of nitrogens with zero attached hydrogens (tertiary/aromatic N) is 1. The van der Waals surface area contributed by atoms with E-state index in [-0.39, 0.29) is 5.41 Å². The van der Waals surface area contributed by atoms with Gasteiger partial charge in [-0.25, -0.2) is 0 Å². The summed E-state index contributed by atoms with van der Waals surface area (Å²) in [5.74, 6) is 2.91. The molecule has 0 unspecified atom stereocenters. The maximum Gasteiger partial charge on any atom is 0.0689 e. The third-order valence-electron chi connectivity index (χ3n) is 6.89. The molecule has 0 N–H and O–H groups in total. The zero-order chi connectivity index (χ0) is 17.3. The fraction of sp³-hybridized carbons (Fsp3) is 0.870. The summed E-state index contributed by atoms with van der Waals surface area (Å²) in [7, 11) is 0. The molecule has 0 heterocycles. The van der Waals surface area contributed by atoms with Gasteiger partial charge in [-0.2, -0.15) is 5.26 Å². The van der Waals surface area contributed by atoms with Gasteiger partial charge in [0.1, 0.15) is 0 Å². The zero-order valence-electron chi connectivity index (χ0n) is 16.2. The smallest absolute Gasteiger partial charge is 0.0689 e. The van der Waals surface area contributed by atoms with E-state index in [1.807, 2.05) is 0 Å². The summed E-state index contributed by atoms with van der Waals surface area (Å²) in [4.78, 5) is 0. The van der Waals surface area contributed by atoms with Crippen LogP contribution in [0, 0.1) is 34.5 Å². The number of hydrogen-bond acceptors (Lipinski definition) is 1. The molecule has 2 aliphatic carbocycles. The molecule has 0 atom stereocenters. The van der Waals surface area contributed by atoms with E-state index < -0.39 is 0 Å². The van der Waals surface area contributed by atoms with Gasteiger partial charge in [-0.1, -0.05) is 58.1 Å². The Bertz CT molecular complexity index is 400. The first-order valence-electron chi connectivity index (χ1n) is 10.8. The molecule has 0 aliphatic heterocycles. The summed E-state index contributed by atoms with van der Waals surface area (Å²) in [6.07, 6.45) is 22.8. The summed E-state index contributed by atoms with van der Waals surface area (Å²) >= 11 is 0. The third-order valence-corrected chi connectivity index (χ3v) is 6.89. The lowest BCUT2D eigenvalue weighted by Gasteiger charge is -2.40. The Labute approximate surface area is 150 Å². The minimum absolute atomic E-state index is 0.00747. The van der Waals surface area contributed by atoms with Gasteiger partial charge in [0.2, 0.25) is 0 Å². The van der Waals surface area contributed by atoms with Crippen LogP contribution >= 0.6 is 0 Å². The van der Waals surface area contributed by atoms with Crippen LogP contribution in [0.15, 0.2) is 12.2 Å². The second-order valence-electron chi connectivity index (χ2n) is 8.60. The van der Waals surface area contributed by atoms with Gasteiger partial charge in [-0.05, 0) is 75.5 Å². The standard InChI is InChI=1S/C23H39N/c1-3-5-6-7-8-16-23(19-24)17-14-22(15-18-23)21-12-10-20(9-4-2)11-13-21/h6-7,20-22H,3-5,8-18H2,1-2H3/b7-6-. The van der Waals surface area contributed by atoms with E-state index in [1.54, 1.807) is 0 Å². The highest BCUT2D eigenvalue weighted by atomic mass is 14.4. The van der Waals surface area contributed by atoms with Crippen molar-refractivity contribution < 1.29 is 0 Å². The van der Waals surface area contributed by atoms with Crippen molar-refractivity contribution in [3.8, 4) is 6.07 Å². The molecule has 0 amide bonds. The Balaban J connectivity index is 1.74. The van der Waals surface area contributed by atoms with E-state index in [9.17, 15) is 5.26 Å². The van der Waals surface area contributed by atoms with E-state index in [0.29, 0.717) is 0 Å². The molecule has 2 aliphatic rings. The summed E-state index contributed by atoms with van der Waals surface area (Å²) in [6.45, 7) is 4.55. The normalized spacial score (nSPS) is 34.3. The van der Waals surface area contributed by atoms with Crippen molar-refractivity contribution in [2.24, 2.45) is 23.2 Å². The van der Waals surface area contributed by atoms with Crippen LogP contribution in [-0.2, 0) is 0 Å². The van der Waals surface area contributed by atoms with Crippen molar-refractivity contribution in [1.29, 1.82) is 5.26 Å². The molecule has 24 heavy (non-hydrogen) atoms. The number of rotatable bonds is 8. The first kappa shape index (κ1) is 19.6. The lowest BCUT2D eigenvalue weighted by Crippen LogP contribution is -2.31. The SMILES string of the molecule is CCC/C=C\CCC1(C#N)CCC(C2CCC(CCC)CC2)CC1. The highest BCUT2D eigenvalue weighted by Gasteiger charge is 2.38. The lowest BCUT2D eigenvalue weighted by molar-refractivity contribution is 0.117. The van der Waals surface area contributed by atoms with Crippen LogP contribution in [0.1, 0.15) is 104 Å². The lowest BCUT2D eigenvalue weighted by atomic mass is 9.63. The Morgan fingerprint density at radius 3 is 2.08 bits per heavy atom. The molecular formula is C23H39N. The van der Waals surface area contributed by atoms with Crippen LogP contribution in [0.3, 0.4) is 0 Å². The van der Waals surface area contributed by atoms with E-state index in [4.69, 9.17) is 0 Å². The van der Waals surface area contributed by atoms with Gasteiger partial charge in [0, 0.05) is 0 Å². The number of unbranched alkanes of at least 4 members (excludes halogenated alkanes) is 1. The average molecular weight is 330 g/mol. The van der Waals surface area contributed by atoms with Gasteiger partial charge < -0.3 is 0 Å². The predicted molar refractivity (Wildman–Crippen MR) is 104 cm³/mol. The molecule has 0 radical (unpaired) electrons. The summed E-state index contributed by atoms with van der Waals surface area (Å²) in [6, 6.07) is 2.72. The molecule has 1 nitrogen and oxygen atoms in total. The molecule has 2 fully saturated rings. The second-order valence-corrected chi connectivity index (χ2v) is 8.60. The van der Waals surface area contributed by atoms with Crippen LogP contribution in [0.2, 0.25) is 0 Å². The van der Waals surface area contributed by atoms with Crippen LogP contribution < -0.4 is 0 Å².